The molecule has 6 heteroatoms. The number of non-ortho nitro benzene ring substituents is 1. The Kier molecular flexibility index (Phi) is 3.53. The molecule has 19 heavy (non-hydrogen) atoms. The van der Waals surface area contributed by atoms with E-state index in [1.807, 2.05) is 0 Å². The second-order valence-corrected chi connectivity index (χ2v) is 5.07. The summed E-state index contributed by atoms with van der Waals surface area (Å²) in [6, 6.07) is 6.33. The first-order chi connectivity index (χ1) is 8.98. The average Bonchev–Trinajstić information content (AvgIpc) is 3.19. The Morgan fingerprint density at radius 3 is 2.74 bits per heavy atom. The molecule has 1 saturated carbocycles. The summed E-state index contributed by atoms with van der Waals surface area (Å²) in [6.45, 7) is 0.730. The fourth-order valence-corrected chi connectivity index (χ4v) is 2.18. The summed E-state index contributed by atoms with van der Waals surface area (Å²) in [5.41, 5.74) is 6.04. The number of rotatable bonds is 5. The molecule has 1 fully saturated rings. The van der Waals surface area contributed by atoms with Gasteiger partial charge in [0.05, 0.1) is 10.3 Å². The van der Waals surface area contributed by atoms with Crippen LogP contribution in [0.1, 0.15) is 18.4 Å². The standard InChI is InChI=1S/C13H17N3O3/c1-15(12(17)13(9-14)5-6-13)8-10-3-2-4-11(7-10)16(18)19/h2-4,7H,5-6,8-9,14H2,1H3. The van der Waals surface area contributed by atoms with Gasteiger partial charge >= 0.3 is 0 Å². The average molecular weight is 263 g/mol. The molecular formula is C13H17N3O3. The highest BCUT2D eigenvalue weighted by molar-refractivity contribution is 5.85. The summed E-state index contributed by atoms with van der Waals surface area (Å²) in [7, 11) is 1.71. The number of hydrogen-bond acceptors (Lipinski definition) is 4. The molecule has 0 aromatic heterocycles. The third kappa shape index (κ3) is 2.73. The van der Waals surface area contributed by atoms with Crippen molar-refractivity contribution >= 4 is 11.6 Å². The molecule has 1 aliphatic carbocycles. The van der Waals surface area contributed by atoms with Crippen LogP contribution in [0, 0.1) is 15.5 Å². The summed E-state index contributed by atoms with van der Waals surface area (Å²) in [6.07, 6.45) is 1.67. The van der Waals surface area contributed by atoms with Crippen LogP contribution in [-0.4, -0.2) is 29.3 Å². The largest absolute Gasteiger partial charge is 0.341 e. The molecule has 6 nitrogen and oxygen atoms in total. The predicted octanol–water partition coefficient (Wildman–Crippen LogP) is 1.29. The molecular weight excluding hydrogens is 246 g/mol. The van der Waals surface area contributed by atoms with Gasteiger partial charge in [-0.1, -0.05) is 12.1 Å². The van der Waals surface area contributed by atoms with Crippen LogP contribution in [-0.2, 0) is 11.3 Å². The molecule has 2 rings (SSSR count). The molecule has 0 unspecified atom stereocenters. The topological polar surface area (TPSA) is 89.5 Å². The van der Waals surface area contributed by atoms with Crippen molar-refractivity contribution in [3.05, 3.63) is 39.9 Å². The van der Waals surface area contributed by atoms with Gasteiger partial charge < -0.3 is 10.6 Å². The van der Waals surface area contributed by atoms with Gasteiger partial charge in [0.2, 0.25) is 5.91 Å². The van der Waals surface area contributed by atoms with E-state index in [1.54, 1.807) is 24.1 Å². The highest BCUT2D eigenvalue weighted by atomic mass is 16.6. The monoisotopic (exact) mass is 263 g/mol. The van der Waals surface area contributed by atoms with Gasteiger partial charge in [-0.3, -0.25) is 14.9 Å². The Hall–Kier alpha value is -1.95. The fraction of sp³-hybridized carbons (Fsp3) is 0.462. The van der Waals surface area contributed by atoms with Gasteiger partial charge in [-0.05, 0) is 18.4 Å². The number of benzene rings is 1. The molecule has 1 amide bonds. The number of carbonyl (C=O) groups is 1. The molecule has 1 aromatic rings. The van der Waals surface area contributed by atoms with Gasteiger partial charge in [-0.15, -0.1) is 0 Å². The van der Waals surface area contributed by atoms with Crippen molar-refractivity contribution in [3.63, 3.8) is 0 Å². The zero-order chi connectivity index (χ0) is 14.0. The third-order valence-corrected chi connectivity index (χ3v) is 3.59. The van der Waals surface area contributed by atoms with E-state index >= 15 is 0 Å². The van der Waals surface area contributed by atoms with Crippen LogP contribution in [0.5, 0.6) is 0 Å². The van der Waals surface area contributed by atoms with Crippen LogP contribution in [0.15, 0.2) is 24.3 Å². The minimum Gasteiger partial charge on any atom is -0.341 e. The van der Waals surface area contributed by atoms with Crippen LogP contribution in [0.2, 0.25) is 0 Å². The van der Waals surface area contributed by atoms with Gasteiger partial charge in [0, 0.05) is 32.3 Å². The van der Waals surface area contributed by atoms with Crippen molar-refractivity contribution in [1.29, 1.82) is 0 Å². The highest BCUT2D eigenvalue weighted by Crippen LogP contribution is 2.46. The van der Waals surface area contributed by atoms with E-state index < -0.39 is 4.92 Å². The van der Waals surface area contributed by atoms with Crippen molar-refractivity contribution < 1.29 is 9.72 Å². The van der Waals surface area contributed by atoms with Gasteiger partial charge in [0.25, 0.3) is 5.69 Å². The minimum atomic E-state index is -0.437. The molecule has 1 aromatic carbocycles. The number of nitrogens with zero attached hydrogens (tertiary/aromatic N) is 2. The molecule has 2 N–H and O–H groups in total. The summed E-state index contributed by atoms with van der Waals surface area (Å²) in [5.74, 6) is 0.0292. The lowest BCUT2D eigenvalue weighted by atomic mass is 10.1. The second-order valence-electron chi connectivity index (χ2n) is 5.07. The maximum absolute atomic E-state index is 12.2. The van der Waals surface area contributed by atoms with Crippen molar-refractivity contribution in [2.45, 2.75) is 19.4 Å². The van der Waals surface area contributed by atoms with E-state index in [0.29, 0.717) is 13.1 Å². The van der Waals surface area contributed by atoms with Gasteiger partial charge in [0.1, 0.15) is 0 Å². The molecule has 102 valence electrons. The van der Waals surface area contributed by atoms with Crippen LogP contribution in [0.4, 0.5) is 5.69 Å². The highest BCUT2D eigenvalue weighted by Gasteiger charge is 2.49. The third-order valence-electron chi connectivity index (χ3n) is 3.59. The maximum atomic E-state index is 12.2. The van der Waals surface area contributed by atoms with E-state index in [0.717, 1.165) is 18.4 Å². The molecule has 1 aliphatic rings. The Labute approximate surface area is 111 Å². The van der Waals surface area contributed by atoms with Crippen molar-refractivity contribution in [1.82, 2.24) is 4.90 Å². The van der Waals surface area contributed by atoms with E-state index in [2.05, 4.69) is 0 Å². The lowest BCUT2D eigenvalue weighted by molar-refractivity contribution is -0.384. The van der Waals surface area contributed by atoms with Gasteiger partial charge in [-0.2, -0.15) is 0 Å². The molecule has 0 radical (unpaired) electrons. The molecule has 0 atom stereocenters. The lowest BCUT2D eigenvalue weighted by Crippen LogP contribution is -2.37. The zero-order valence-corrected chi connectivity index (χ0v) is 10.8. The van der Waals surface area contributed by atoms with Gasteiger partial charge in [0.15, 0.2) is 0 Å². The summed E-state index contributed by atoms with van der Waals surface area (Å²) >= 11 is 0. The molecule has 0 heterocycles. The minimum absolute atomic E-state index is 0.0292. The normalized spacial score (nSPS) is 15.9. The second kappa shape index (κ2) is 4.97. The maximum Gasteiger partial charge on any atom is 0.269 e. The summed E-state index contributed by atoms with van der Waals surface area (Å²) < 4.78 is 0. The molecule has 0 bridgehead atoms. The number of nitro groups is 1. The van der Waals surface area contributed by atoms with E-state index in [9.17, 15) is 14.9 Å². The Morgan fingerprint density at radius 1 is 1.53 bits per heavy atom. The molecule has 0 spiro atoms. The van der Waals surface area contributed by atoms with Crippen molar-refractivity contribution in [2.75, 3.05) is 13.6 Å². The first-order valence-corrected chi connectivity index (χ1v) is 6.17. The lowest BCUT2D eigenvalue weighted by Gasteiger charge is -2.22. The zero-order valence-electron chi connectivity index (χ0n) is 10.8. The van der Waals surface area contributed by atoms with E-state index in [-0.39, 0.29) is 17.0 Å². The Bertz CT molecular complexity index is 512. The quantitative estimate of drug-likeness (QED) is 0.640. The van der Waals surface area contributed by atoms with Gasteiger partial charge in [-0.25, -0.2) is 0 Å². The Balaban J connectivity index is 2.06. The molecule has 0 aliphatic heterocycles. The number of nitro benzene ring substituents is 1. The number of nitrogens with two attached hydrogens (primary N) is 1. The smallest absolute Gasteiger partial charge is 0.269 e. The van der Waals surface area contributed by atoms with Crippen LogP contribution in [0.3, 0.4) is 0 Å². The van der Waals surface area contributed by atoms with Crippen LogP contribution >= 0.6 is 0 Å². The van der Waals surface area contributed by atoms with Crippen molar-refractivity contribution in [3.8, 4) is 0 Å². The fourth-order valence-electron chi connectivity index (χ4n) is 2.18. The van der Waals surface area contributed by atoms with Crippen molar-refractivity contribution in [2.24, 2.45) is 11.1 Å². The molecule has 0 saturated heterocycles. The number of carbonyl (C=O) groups excluding carboxylic acids is 1. The van der Waals surface area contributed by atoms with E-state index in [4.69, 9.17) is 5.73 Å². The Morgan fingerprint density at radius 2 is 2.21 bits per heavy atom. The van der Waals surface area contributed by atoms with E-state index in [1.165, 1.54) is 12.1 Å². The SMILES string of the molecule is CN(Cc1cccc([N+](=O)[O-])c1)C(=O)C1(CN)CC1. The number of hydrogen-bond donors (Lipinski definition) is 1. The number of amides is 1. The predicted molar refractivity (Wildman–Crippen MR) is 70.3 cm³/mol. The first-order valence-electron chi connectivity index (χ1n) is 6.17. The first kappa shape index (κ1) is 13.5. The van der Waals surface area contributed by atoms with Crippen LogP contribution < -0.4 is 5.73 Å². The summed E-state index contributed by atoms with van der Waals surface area (Å²) in [5, 5.41) is 10.7. The van der Waals surface area contributed by atoms with Crippen LogP contribution in [0.25, 0.3) is 0 Å². The summed E-state index contributed by atoms with van der Waals surface area (Å²) in [4.78, 5) is 24.0.